The highest BCUT2D eigenvalue weighted by molar-refractivity contribution is 7.89. The molecule has 1 aromatic carbocycles. The van der Waals surface area contributed by atoms with E-state index in [9.17, 15) is 8.42 Å². The molecule has 19 heavy (non-hydrogen) atoms. The first-order chi connectivity index (χ1) is 9.12. The highest BCUT2D eigenvalue weighted by atomic mass is 32.2. The molecule has 1 atom stereocenters. The van der Waals surface area contributed by atoms with Gasteiger partial charge in [0.25, 0.3) is 0 Å². The van der Waals surface area contributed by atoms with Crippen LogP contribution in [0.25, 0.3) is 0 Å². The highest BCUT2D eigenvalue weighted by Gasteiger charge is 2.18. The Kier molecular flexibility index (Phi) is 4.79. The first kappa shape index (κ1) is 14.3. The Morgan fingerprint density at radius 1 is 1.37 bits per heavy atom. The van der Waals surface area contributed by atoms with E-state index in [-0.39, 0.29) is 4.90 Å². The fourth-order valence-electron chi connectivity index (χ4n) is 2.16. The van der Waals surface area contributed by atoms with Gasteiger partial charge in [-0.15, -0.1) is 0 Å². The van der Waals surface area contributed by atoms with Gasteiger partial charge in [0.2, 0.25) is 10.0 Å². The van der Waals surface area contributed by atoms with Crippen molar-refractivity contribution < 1.29 is 13.2 Å². The Morgan fingerprint density at radius 2 is 2.11 bits per heavy atom. The van der Waals surface area contributed by atoms with Crippen LogP contribution in [0.4, 0.5) is 0 Å². The summed E-state index contributed by atoms with van der Waals surface area (Å²) in [5.74, 6) is 1.03. The molecule has 1 unspecified atom stereocenters. The topological polar surface area (TPSA) is 67.4 Å². The van der Waals surface area contributed by atoms with Gasteiger partial charge in [-0.3, -0.25) is 0 Å². The number of sulfonamides is 1. The Morgan fingerprint density at radius 3 is 2.68 bits per heavy atom. The minimum atomic E-state index is -3.42. The number of piperidine rings is 1. The lowest BCUT2D eigenvalue weighted by Crippen LogP contribution is -2.38. The zero-order chi connectivity index (χ0) is 13.7. The van der Waals surface area contributed by atoms with E-state index in [1.807, 2.05) is 0 Å². The average Bonchev–Trinajstić information content (AvgIpc) is 2.46. The summed E-state index contributed by atoms with van der Waals surface area (Å²) >= 11 is 0. The van der Waals surface area contributed by atoms with Crippen molar-refractivity contribution in [3.63, 3.8) is 0 Å². The molecule has 0 aromatic heterocycles. The van der Waals surface area contributed by atoms with Crippen molar-refractivity contribution in [2.45, 2.75) is 17.7 Å². The van der Waals surface area contributed by atoms with Gasteiger partial charge >= 0.3 is 0 Å². The van der Waals surface area contributed by atoms with Crippen LogP contribution in [-0.4, -0.2) is 35.2 Å². The number of hydrogen-bond acceptors (Lipinski definition) is 4. The van der Waals surface area contributed by atoms with E-state index >= 15 is 0 Å². The summed E-state index contributed by atoms with van der Waals surface area (Å²) in [5.41, 5.74) is 0. The van der Waals surface area contributed by atoms with Gasteiger partial charge in [0.05, 0.1) is 12.0 Å². The number of hydrogen-bond donors (Lipinski definition) is 2. The van der Waals surface area contributed by atoms with Crippen molar-refractivity contribution in [2.24, 2.45) is 5.92 Å². The summed E-state index contributed by atoms with van der Waals surface area (Å²) in [6.45, 7) is 2.40. The molecular weight excluding hydrogens is 264 g/mol. The fraction of sp³-hybridized carbons (Fsp3) is 0.538. The average molecular weight is 284 g/mol. The summed E-state index contributed by atoms with van der Waals surface area (Å²) in [6.07, 6.45) is 2.17. The monoisotopic (exact) mass is 284 g/mol. The summed E-state index contributed by atoms with van der Waals surface area (Å²) < 4.78 is 31.9. The van der Waals surface area contributed by atoms with E-state index in [2.05, 4.69) is 10.0 Å². The quantitative estimate of drug-likeness (QED) is 0.845. The zero-order valence-electron chi connectivity index (χ0n) is 11.1. The molecule has 5 nitrogen and oxygen atoms in total. The second-order valence-electron chi connectivity index (χ2n) is 4.74. The summed E-state index contributed by atoms with van der Waals surface area (Å²) in [4.78, 5) is 0.275. The van der Waals surface area contributed by atoms with Gasteiger partial charge in [-0.25, -0.2) is 13.1 Å². The molecule has 1 fully saturated rings. The molecule has 1 saturated heterocycles. The number of methoxy groups -OCH3 is 1. The van der Waals surface area contributed by atoms with E-state index in [4.69, 9.17) is 4.74 Å². The van der Waals surface area contributed by atoms with Crippen LogP contribution in [0.5, 0.6) is 5.75 Å². The molecule has 0 bridgehead atoms. The maximum absolute atomic E-state index is 12.1. The standard InChI is InChI=1S/C13H20N2O3S/c1-18-12-4-6-13(7-5-12)19(16,17)15-10-11-3-2-8-14-9-11/h4-7,11,14-15H,2-3,8-10H2,1H3. The molecule has 1 heterocycles. The van der Waals surface area contributed by atoms with Crippen LogP contribution in [0.1, 0.15) is 12.8 Å². The van der Waals surface area contributed by atoms with Crippen molar-refractivity contribution in [2.75, 3.05) is 26.7 Å². The molecule has 0 radical (unpaired) electrons. The Balaban J connectivity index is 1.96. The van der Waals surface area contributed by atoms with Crippen molar-refractivity contribution in [3.8, 4) is 5.75 Å². The van der Waals surface area contributed by atoms with E-state index in [0.717, 1.165) is 25.9 Å². The third kappa shape index (κ3) is 3.92. The molecule has 1 aliphatic rings. The second kappa shape index (κ2) is 6.36. The number of nitrogens with one attached hydrogen (secondary N) is 2. The lowest BCUT2D eigenvalue weighted by atomic mass is 10.0. The van der Waals surface area contributed by atoms with Gasteiger partial charge in [-0.2, -0.15) is 0 Å². The van der Waals surface area contributed by atoms with Gasteiger partial charge in [0.15, 0.2) is 0 Å². The summed E-state index contributed by atoms with van der Waals surface area (Å²) in [6, 6.07) is 6.41. The number of rotatable bonds is 5. The fourth-order valence-corrected chi connectivity index (χ4v) is 3.28. The predicted octanol–water partition coefficient (Wildman–Crippen LogP) is 0.973. The minimum absolute atomic E-state index is 0.275. The summed E-state index contributed by atoms with van der Waals surface area (Å²) in [7, 11) is -1.86. The third-order valence-electron chi connectivity index (χ3n) is 3.33. The van der Waals surface area contributed by atoms with E-state index in [1.165, 1.54) is 0 Å². The molecule has 2 N–H and O–H groups in total. The molecule has 0 amide bonds. The second-order valence-corrected chi connectivity index (χ2v) is 6.51. The van der Waals surface area contributed by atoms with E-state index in [1.54, 1.807) is 31.4 Å². The lowest BCUT2D eigenvalue weighted by molar-refractivity contribution is 0.376. The maximum atomic E-state index is 12.1. The Labute approximate surface area is 114 Å². The van der Waals surface area contributed by atoms with Crippen LogP contribution >= 0.6 is 0 Å². The smallest absolute Gasteiger partial charge is 0.240 e. The normalized spacial score (nSPS) is 20.2. The molecule has 0 aliphatic carbocycles. The Bertz CT molecular complexity index is 493. The van der Waals surface area contributed by atoms with Gasteiger partial charge in [0.1, 0.15) is 5.75 Å². The number of benzene rings is 1. The minimum Gasteiger partial charge on any atom is -0.497 e. The van der Waals surface area contributed by atoms with E-state index < -0.39 is 10.0 Å². The number of ether oxygens (including phenoxy) is 1. The summed E-state index contributed by atoms with van der Waals surface area (Å²) in [5, 5.41) is 3.27. The van der Waals surface area contributed by atoms with E-state index in [0.29, 0.717) is 18.2 Å². The van der Waals surface area contributed by atoms with Crippen molar-refractivity contribution in [3.05, 3.63) is 24.3 Å². The van der Waals surface area contributed by atoms with Gasteiger partial charge < -0.3 is 10.1 Å². The van der Waals surface area contributed by atoms with Gasteiger partial charge in [-0.05, 0) is 56.1 Å². The molecule has 6 heteroatoms. The highest BCUT2D eigenvalue weighted by Crippen LogP contribution is 2.16. The van der Waals surface area contributed by atoms with Crippen LogP contribution in [0, 0.1) is 5.92 Å². The molecule has 1 aromatic rings. The third-order valence-corrected chi connectivity index (χ3v) is 4.77. The molecule has 2 rings (SSSR count). The maximum Gasteiger partial charge on any atom is 0.240 e. The van der Waals surface area contributed by atoms with Gasteiger partial charge in [-0.1, -0.05) is 0 Å². The van der Waals surface area contributed by atoms with Crippen LogP contribution in [0.15, 0.2) is 29.2 Å². The first-order valence-electron chi connectivity index (χ1n) is 6.46. The van der Waals surface area contributed by atoms with Crippen molar-refractivity contribution >= 4 is 10.0 Å². The molecule has 0 spiro atoms. The van der Waals surface area contributed by atoms with Crippen LogP contribution < -0.4 is 14.8 Å². The molecular formula is C13H20N2O3S. The SMILES string of the molecule is COc1ccc(S(=O)(=O)NCC2CCCNC2)cc1. The molecule has 0 saturated carbocycles. The van der Waals surface area contributed by atoms with Crippen LogP contribution in [-0.2, 0) is 10.0 Å². The zero-order valence-corrected chi connectivity index (χ0v) is 11.9. The Hall–Kier alpha value is -1.11. The van der Waals surface area contributed by atoms with Crippen molar-refractivity contribution in [1.29, 1.82) is 0 Å². The van der Waals surface area contributed by atoms with Crippen LogP contribution in [0.2, 0.25) is 0 Å². The van der Waals surface area contributed by atoms with Crippen LogP contribution in [0.3, 0.4) is 0 Å². The van der Waals surface area contributed by atoms with Gasteiger partial charge in [0, 0.05) is 6.54 Å². The largest absolute Gasteiger partial charge is 0.497 e. The predicted molar refractivity (Wildman–Crippen MR) is 73.8 cm³/mol. The first-order valence-corrected chi connectivity index (χ1v) is 7.94. The lowest BCUT2D eigenvalue weighted by Gasteiger charge is -2.22. The van der Waals surface area contributed by atoms with Crippen molar-refractivity contribution in [1.82, 2.24) is 10.0 Å². The molecule has 1 aliphatic heterocycles. The molecule has 106 valence electrons.